The van der Waals surface area contributed by atoms with Crippen LogP contribution in [0.2, 0.25) is 0 Å². The number of nitrogens with zero attached hydrogens (tertiary/aromatic N) is 1. The molecular weight excluding hydrogens is 230 g/mol. The molecule has 102 valence electrons. The van der Waals surface area contributed by atoms with Crippen LogP contribution in [0.5, 0.6) is 0 Å². The van der Waals surface area contributed by atoms with Gasteiger partial charge < -0.3 is 10.0 Å². The summed E-state index contributed by atoms with van der Waals surface area (Å²) in [5, 5.41) is 9.24. The number of carbonyl (C=O) groups is 2. The van der Waals surface area contributed by atoms with Gasteiger partial charge in [-0.1, -0.05) is 19.8 Å². The molecule has 1 amide bonds. The quantitative estimate of drug-likeness (QED) is 0.820. The minimum Gasteiger partial charge on any atom is -0.481 e. The fraction of sp³-hybridized carbons (Fsp3) is 0.857. The first kappa shape index (κ1) is 13.4. The summed E-state index contributed by atoms with van der Waals surface area (Å²) in [7, 11) is 0. The van der Waals surface area contributed by atoms with E-state index < -0.39 is 11.9 Å². The number of carbonyl (C=O) groups excluding carboxylic acids is 1. The molecule has 1 saturated heterocycles. The summed E-state index contributed by atoms with van der Waals surface area (Å²) in [5.41, 5.74) is 0. The van der Waals surface area contributed by atoms with E-state index in [4.69, 9.17) is 0 Å². The van der Waals surface area contributed by atoms with Crippen LogP contribution in [0.3, 0.4) is 0 Å². The van der Waals surface area contributed by atoms with E-state index in [0.29, 0.717) is 12.3 Å². The number of carboxylic acids is 1. The van der Waals surface area contributed by atoms with Gasteiger partial charge in [0.2, 0.25) is 5.91 Å². The summed E-state index contributed by atoms with van der Waals surface area (Å²) in [6.07, 6.45) is 5.57. The molecule has 0 aromatic carbocycles. The molecule has 1 aliphatic heterocycles. The van der Waals surface area contributed by atoms with Gasteiger partial charge in [0.1, 0.15) is 0 Å². The molecule has 3 atom stereocenters. The highest BCUT2D eigenvalue weighted by molar-refractivity contribution is 5.85. The Bertz CT molecular complexity index is 329. The standard InChI is InChI=1S/C14H23NO3/c1-10-5-4-8-15(9-10)13(16)11-6-2-3-7-12(11)14(17)18/h10-12H,2-9H2,1H3,(H,17,18)/t10-,11+,12-/m1/s1. The largest absolute Gasteiger partial charge is 0.481 e. The van der Waals surface area contributed by atoms with E-state index in [1.54, 1.807) is 0 Å². The van der Waals surface area contributed by atoms with Crippen LogP contribution in [0, 0.1) is 17.8 Å². The zero-order valence-electron chi connectivity index (χ0n) is 11.1. The molecule has 2 fully saturated rings. The van der Waals surface area contributed by atoms with Gasteiger partial charge in [-0.05, 0) is 31.6 Å². The number of rotatable bonds is 2. The van der Waals surface area contributed by atoms with Crippen molar-refractivity contribution in [1.29, 1.82) is 0 Å². The molecule has 0 bridgehead atoms. The van der Waals surface area contributed by atoms with Gasteiger partial charge in [-0.15, -0.1) is 0 Å². The summed E-state index contributed by atoms with van der Waals surface area (Å²) in [5.74, 6) is -0.883. The third kappa shape index (κ3) is 2.85. The molecule has 18 heavy (non-hydrogen) atoms. The van der Waals surface area contributed by atoms with Crippen molar-refractivity contribution >= 4 is 11.9 Å². The van der Waals surface area contributed by atoms with Crippen molar-refractivity contribution in [3.63, 3.8) is 0 Å². The van der Waals surface area contributed by atoms with Crippen LogP contribution >= 0.6 is 0 Å². The molecule has 1 N–H and O–H groups in total. The molecule has 0 spiro atoms. The predicted octanol–water partition coefficient (Wildman–Crippen LogP) is 2.14. The Morgan fingerprint density at radius 2 is 1.72 bits per heavy atom. The zero-order valence-corrected chi connectivity index (χ0v) is 11.1. The van der Waals surface area contributed by atoms with Crippen molar-refractivity contribution in [2.75, 3.05) is 13.1 Å². The lowest BCUT2D eigenvalue weighted by Gasteiger charge is -2.36. The molecule has 0 aromatic heterocycles. The van der Waals surface area contributed by atoms with Gasteiger partial charge in [0.05, 0.1) is 11.8 Å². The summed E-state index contributed by atoms with van der Waals surface area (Å²) in [4.78, 5) is 25.6. The van der Waals surface area contributed by atoms with Gasteiger partial charge in [0, 0.05) is 13.1 Å². The van der Waals surface area contributed by atoms with E-state index in [1.807, 2.05) is 4.90 Å². The zero-order chi connectivity index (χ0) is 13.1. The number of likely N-dealkylation sites (tertiary alicyclic amines) is 1. The van der Waals surface area contributed by atoms with Crippen molar-refractivity contribution in [3.05, 3.63) is 0 Å². The number of piperidine rings is 1. The first-order valence-corrected chi connectivity index (χ1v) is 7.11. The Morgan fingerprint density at radius 3 is 2.33 bits per heavy atom. The second-order valence-electron chi connectivity index (χ2n) is 5.87. The maximum Gasteiger partial charge on any atom is 0.307 e. The monoisotopic (exact) mass is 253 g/mol. The van der Waals surface area contributed by atoms with Crippen molar-refractivity contribution in [2.24, 2.45) is 17.8 Å². The molecule has 4 nitrogen and oxygen atoms in total. The van der Waals surface area contributed by atoms with E-state index in [-0.39, 0.29) is 11.8 Å². The summed E-state index contributed by atoms with van der Waals surface area (Å²) in [6.45, 7) is 3.78. The van der Waals surface area contributed by atoms with Crippen LogP contribution in [-0.2, 0) is 9.59 Å². The van der Waals surface area contributed by atoms with Crippen molar-refractivity contribution in [2.45, 2.75) is 45.4 Å². The molecule has 0 unspecified atom stereocenters. The van der Waals surface area contributed by atoms with Crippen LogP contribution in [-0.4, -0.2) is 35.0 Å². The molecule has 1 saturated carbocycles. The highest BCUT2D eigenvalue weighted by Gasteiger charge is 2.38. The normalized spacial score (nSPS) is 33.2. The second-order valence-corrected chi connectivity index (χ2v) is 5.87. The number of hydrogen-bond donors (Lipinski definition) is 1. The minimum absolute atomic E-state index is 0.0913. The average molecular weight is 253 g/mol. The highest BCUT2D eigenvalue weighted by atomic mass is 16.4. The van der Waals surface area contributed by atoms with Gasteiger partial charge >= 0.3 is 5.97 Å². The molecule has 1 aliphatic carbocycles. The lowest BCUT2D eigenvalue weighted by atomic mass is 9.78. The second kappa shape index (κ2) is 5.72. The summed E-state index contributed by atoms with van der Waals surface area (Å²) < 4.78 is 0. The van der Waals surface area contributed by atoms with Crippen LogP contribution in [0.4, 0.5) is 0 Å². The first-order valence-electron chi connectivity index (χ1n) is 7.11. The lowest BCUT2D eigenvalue weighted by molar-refractivity contribution is -0.153. The SMILES string of the molecule is C[C@@H]1CCCN(C(=O)[C@H]2CCCC[C@H]2C(=O)O)C1. The van der Waals surface area contributed by atoms with Gasteiger partial charge in [-0.25, -0.2) is 0 Å². The molecule has 4 heteroatoms. The third-order valence-corrected chi connectivity index (χ3v) is 4.37. The lowest BCUT2D eigenvalue weighted by Crippen LogP contribution is -2.46. The van der Waals surface area contributed by atoms with E-state index in [9.17, 15) is 14.7 Å². The average Bonchev–Trinajstić information content (AvgIpc) is 2.38. The Kier molecular flexibility index (Phi) is 4.25. The molecule has 0 radical (unpaired) electrons. The van der Waals surface area contributed by atoms with E-state index in [0.717, 1.165) is 38.8 Å². The fourth-order valence-electron chi connectivity index (χ4n) is 3.35. The first-order chi connectivity index (χ1) is 8.59. The number of hydrogen-bond acceptors (Lipinski definition) is 2. The van der Waals surface area contributed by atoms with Gasteiger partial charge in [-0.3, -0.25) is 9.59 Å². The van der Waals surface area contributed by atoms with Crippen LogP contribution in [0.1, 0.15) is 45.4 Å². The van der Waals surface area contributed by atoms with E-state index >= 15 is 0 Å². The number of amides is 1. The number of carboxylic acid groups (broad SMARTS) is 1. The third-order valence-electron chi connectivity index (χ3n) is 4.37. The van der Waals surface area contributed by atoms with E-state index in [1.165, 1.54) is 6.42 Å². The Balaban J connectivity index is 2.03. The molecular formula is C14H23NO3. The van der Waals surface area contributed by atoms with Crippen molar-refractivity contribution in [1.82, 2.24) is 4.90 Å². The molecule has 2 aliphatic rings. The molecule has 2 rings (SSSR count). The Labute approximate surface area is 108 Å². The maximum atomic E-state index is 12.5. The summed E-state index contributed by atoms with van der Waals surface area (Å²) in [6, 6.07) is 0. The summed E-state index contributed by atoms with van der Waals surface area (Å²) >= 11 is 0. The van der Waals surface area contributed by atoms with E-state index in [2.05, 4.69) is 6.92 Å². The predicted molar refractivity (Wildman–Crippen MR) is 68.1 cm³/mol. The Morgan fingerprint density at radius 1 is 1.06 bits per heavy atom. The van der Waals surface area contributed by atoms with Crippen LogP contribution < -0.4 is 0 Å². The number of aliphatic carboxylic acids is 1. The van der Waals surface area contributed by atoms with Crippen LogP contribution in [0.15, 0.2) is 0 Å². The van der Waals surface area contributed by atoms with Gasteiger partial charge in [-0.2, -0.15) is 0 Å². The minimum atomic E-state index is -0.793. The topological polar surface area (TPSA) is 57.6 Å². The Hall–Kier alpha value is -1.06. The van der Waals surface area contributed by atoms with Crippen LogP contribution in [0.25, 0.3) is 0 Å². The van der Waals surface area contributed by atoms with Crippen molar-refractivity contribution < 1.29 is 14.7 Å². The molecule has 0 aromatic rings. The highest BCUT2D eigenvalue weighted by Crippen LogP contribution is 2.32. The van der Waals surface area contributed by atoms with Gasteiger partial charge in [0.25, 0.3) is 0 Å². The fourth-order valence-corrected chi connectivity index (χ4v) is 3.35. The smallest absolute Gasteiger partial charge is 0.307 e. The van der Waals surface area contributed by atoms with Gasteiger partial charge in [0.15, 0.2) is 0 Å². The maximum absolute atomic E-state index is 12.5. The van der Waals surface area contributed by atoms with Crippen molar-refractivity contribution in [3.8, 4) is 0 Å². The molecule has 1 heterocycles.